The molecular formula is C25H34FN. The first-order valence-corrected chi connectivity index (χ1v) is 11.0. The molecule has 1 aromatic rings. The van der Waals surface area contributed by atoms with Crippen molar-refractivity contribution in [1.29, 1.82) is 5.26 Å². The number of hydrogen-bond donors (Lipinski definition) is 0. The SMILES string of the molecule is CCc1ccc(C2CCC(C3CCC(CC/C=C(\F)C#N)CC3)CC2)cc1. The van der Waals surface area contributed by atoms with E-state index >= 15 is 0 Å². The van der Waals surface area contributed by atoms with E-state index in [9.17, 15) is 4.39 Å². The predicted octanol–water partition coefficient (Wildman–Crippen LogP) is 7.49. The van der Waals surface area contributed by atoms with Gasteiger partial charge in [0.25, 0.3) is 0 Å². The topological polar surface area (TPSA) is 23.8 Å². The molecule has 0 spiro atoms. The molecule has 146 valence electrons. The quantitative estimate of drug-likeness (QED) is 0.478. The maximum atomic E-state index is 12.9. The van der Waals surface area contributed by atoms with Gasteiger partial charge in [-0.2, -0.15) is 9.65 Å². The minimum Gasteiger partial charge on any atom is -0.195 e. The lowest BCUT2D eigenvalue weighted by atomic mass is 9.68. The Kier molecular flexibility index (Phi) is 7.50. The molecule has 0 aromatic heterocycles. The Hall–Kier alpha value is -1.62. The van der Waals surface area contributed by atoms with E-state index in [4.69, 9.17) is 5.26 Å². The first kappa shape index (κ1) is 20.1. The largest absolute Gasteiger partial charge is 0.196 e. The van der Waals surface area contributed by atoms with Gasteiger partial charge in [0.1, 0.15) is 6.07 Å². The molecule has 2 aliphatic carbocycles. The van der Waals surface area contributed by atoms with Gasteiger partial charge in [-0.05, 0) is 98.7 Å². The summed E-state index contributed by atoms with van der Waals surface area (Å²) in [4.78, 5) is 0. The summed E-state index contributed by atoms with van der Waals surface area (Å²) >= 11 is 0. The second kappa shape index (κ2) is 10.1. The number of halogens is 1. The molecule has 3 rings (SSSR count). The Morgan fingerprint density at radius 1 is 1.00 bits per heavy atom. The molecule has 0 bridgehead atoms. The molecule has 2 heteroatoms. The van der Waals surface area contributed by atoms with Crippen LogP contribution in [0.1, 0.15) is 88.2 Å². The summed E-state index contributed by atoms with van der Waals surface area (Å²) in [5.74, 6) is 2.72. The molecule has 0 saturated heterocycles. The Bertz CT molecular complexity index is 638. The van der Waals surface area contributed by atoms with Gasteiger partial charge in [-0.15, -0.1) is 0 Å². The summed E-state index contributed by atoms with van der Waals surface area (Å²) in [5, 5.41) is 8.47. The van der Waals surface area contributed by atoms with Crippen LogP contribution in [0.3, 0.4) is 0 Å². The van der Waals surface area contributed by atoms with Crippen LogP contribution in [-0.4, -0.2) is 0 Å². The van der Waals surface area contributed by atoms with E-state index in [1.54, 1.807) is 11.6 Å². The fourth-order valence-corrected chi connectivity index (χ4v) is 5.39. The van der Waals surface area contributed by atoms with Gasteiger partial charge in [-0.25, -0.2) is 0 Å². The summed E-state index contributed by atoms with van der Waals surface area (Å²) in [6, 6.07) is 10.9. The van der Waals surface area contributed by atoms with Crippen molar-refractivity contribution in [3.8, 4) is 6.07 Å². The molecule has 0 N–H and O–H groups in total. The van der Waals surface area contributed by atoms with E-state index in [0.29, 0.717) is 0 Å². The van der Waals surface area contributed by atoms with Crippen molar-refractivity contribution >= 4 is 0 Å². The highest BCUT2D eigenvalue weighted by atomic mass is 19.1. The Morgan fingerprint density at radius 3 is 2.15 bits per heavy atom. The van der Waals surface area contributed by atoms with Crippen molar-refractivity contribution in [2.45, 2.75) is 83.5 Å². The van der Waals surface area contributed by atoms with E-state index in [0.717, 1.165) is 42.9 Å². The molecule has 2 fully saturated rings. The normalized spacial score (nSPS) is 29.3. The molecule has 2 aliphatic rings. The van der Waals surface area contributed by atoms with Crippen LogP contribution in [0.25, 0.3) is 0 Å². The average Bonchev–Trinajstić information content (AvgIpc) is 2.74. The standard InChI is InChI=1S/C25H34FN/c1-2-19-6-10-21(11-7-19)23-14-16-24(17-15-23)22-12-8-20(9-13-22)4-3-5-25(26)18-27/h5-7,10-11,20,22-24H,2-4,8-9,12-17H2,1H3/b25-5-. The van der Waals surface area contributed by atoms with Crippen molar-refractivity contribution in [3.05, 3.63) is 47.3 Å². The average molecular weight is 368 g/mol. The van der Waals surface area contributed by atoms with Gasteiger partial charge in [-0.3, -0.25) is 0 Å². The maximum Gasteiger partial charge on any atom is 0.196 e. The zero-order valence-corrected chi connectivity index (χ0v) is 16.8. The van der Waals surface area contributed by atoms with Gasteiger partial charge in [0.05, 0.1) is 0 Å². The fraction of sp³-hybridized carbons (Fsp3) is 0.640. The van der Waals surface area contributed by atoms with Crippen LogP contribution in [0.4, 0.5) is 4.39 Å². The van der Waals surface area contributed by atoms with Crippen LogP contribution in [-0.2, 0) is 6.42 Å². The maximum absolute atomic E-state index is 12.9. The number of nitrogens with zero attached hydrogens (tertiary/aromatic N) is 1. The van der Waals surface area contributed by atoms with Gasteiger partial charge >= 0.3 is 0 Å². The number of aryl methyl sites for hydroxylation is 1. The minimum absolute atomic E-state index is 0.621. The van der Waals surface area contributed by atoms with Gasteiger partial charge in [0.2, 0.25) is 0 Å². The first-order valence-electron chi connectivity index (χ1n) is 11.0. The van der Waals surface area contributed by atoms with Crippen LogP contribution in [0.2, 0.25) is 0 Å². The van der Waals surface area contributed by atoms with Gasteiger partial charge in [0, 0.05) is 0 Å². The highest BCUT2D eigenvalue weighted by molar-refractivity contribution is 5.25. The molecule has 1 nitrogen and oxygen atoms in total. The van der Waals surface area contributed by atoms with E-state index in [1.165, 1.54) is 63.0 Å². The van der Waals surface area contributed by atoms with Gasteiger partial charge in [0.15, 0.2) is 5.83 Å². The summed E-state index contributed by atoms with van der Waals surface area (Å²) in [6.07, 6.45) is 15.2. The molecule has 27 heavy (non-hydrogen) atoms. The van der Waals surface area contributed by atoms with Crippen molar-refractivity contribution < 1.29 is 4.39 Å². The van der Waals surface area contributed by atoms with Crippen molar-refractivity contribution in [1.82, 2.24) is 0 Å². The number of hydrogen-bond acceptors (Lipinski definition) is 1. The summed E-state index contributed by atoms with van der Waals surface area (Å²) < 4.78 is 12.9. The van der Waals surface area contributed by atoms with E-state index in [2.05, 4.69) is 31.2 Å². The van der Waals surface area contributed by atoms with Crippen LogP contribution < -0.4 is 0 Å². The summed E-state index contributed by atoms with van der Waals surface area (Å²) in [5.41, 5.74) is 2.99. The fourth-order valence-electron chi connectivity index (χ4n) is 5.39. The Morgan fingerprint density at radius 2 is 1.59 bits per heavy atom. The summed E-state index contributed by atoms with van der Waals surface area (Å²) in [6.45, 7) is 2.22. The lowest BCUT2D eigenvalue weighted by Gasteiger charge is -2.38. The molecule has 0 amide bonds. The molecule has 0 radical (unpaired) electrons. The predicted molar refractivity (Wildman–Crippen MR) is 110 cm³/mol. The van der Waals surface area contributed by atoms with E-state index < -0.39 is 5.83 Å². The number of allylic oxidation sites excluding steroid dienone is 2. The molecule has 0 aliphatic heterocycles. The molecule has 0 unspecified atom stereocenters. The monoisotopic (exact) mass is 367 g/mol. The number of benzene rings is 1. The summed E-state index contributed by atoms with van der Waals surface area (Å²) in [7, 11) is 0. The van der Waals surface area contributed by atoms with Crippen LogP contribution in [0.15, 0.2) is 36.2 Å². The third kappa shape index (κ3) is 5.68. The third-order valence-corrected chi connectivity index (χ3v) is 7.19. The first-order chi connectivity index (χ1) is 13.2. The number of rotatable bonds is 6. The second-order valence-electron chi connectivity index (χ2n) is 8.73. The Labute approximate surface area is 164 Å². The zero-order chi connectivity index (χ0) is 19.1. The minimum atomic E-state index is -0.621. The molecule has 0 heterocycles. The Balaban J connectivity index is 1.40. The van der Waals surface area contributed by atoms with Crippen molar-refractivity contribution in [2.75, 3.05) is 0 Å². The van der Waals surface area contributed by atoms with Crippen molar-refractivity contribution in [3.63, 3.8) is 0 Å². The van der Waals surface area contributed by atoms with Crippen LogP contribution in [0, 0.1) is 29.1 Å². The lowest BCUT2D eigenvalue weighted by molar-refractivity contribution is 0.157. The second-order valence-corrected chi connectivity index (χ2v) is 8.73. The van der Waals surface area contributed by atoms with Crippen LogP contribution in [0.5, 0.6) is 0 Å². The lowest BCUT2D eigenvalue weighted by Crippen LogP contribution is -2.25. The zero-order valence-electron chi connectivity index (χ0n) is 16.8. The number of nitriles is 1. The van der Waals surface area contributed by atoms with E-state index in [-0.39, 0.29) is 0 Å². The molecule has 0 atom stereocenters. The van der Waals surface area contributed by atoms with Gasteiger partial charge < -0.3 is 0 Å². The smallest absolute Gasteiger partial charge is 0.195 e. The van der Waals surface area contributed by atoms with E-state index in [1.807, 2.05) is 0 Å². The van der Waals surface area contributed by atoms with Gasteiger partial charge in [-0.1, -0.05) is 44.0 Å². The molecule has 2 saturated carbocycles. The molecule has 1 aromatic carbocycles. The highest BCUT2D eigenvalue weighted by Crippen LogP contribution is 2.44. The highest BCUT2D eigenvalue weighted by Gasteiger charge is 2.31. The van der Waals surface area contributed by atoms with Crippen LogP contribution >= 0.6 is 0 Å². The molecular weight excluding hydrogens is 333 g/mol. The third-order valence-electron chi connectivity index (χ3n) is 7.19. The van der Waals surface area contributed by atoms with Crippen molar-refractivity contribution in [2.24, 2.45) is 17.8 Å².